The minimum Gasteiger partial charge on any atom is -0.456 e. The molecule has 0 spiro atoms. The molecule has 0 radical (unpaired) electrons. The van der Waals surface area contributed by atoms with Gasteiger partial charge >= 0.3 is 6.03 Å². The van der Waals surface area contributed by atoms with Gasteiger partial charge < -0.3 is 20.7 Å². The third kappa shape index (κ3) is 5.93. The van der Waals surface area contributed by atoms with Crippen molar-refractivity contribution in [3.8, 4) is 11.5 Å². The minimum atomic E-state index is -0.324. The molecule has 2 aromatic carbocycles. The van der Waals surface area contributed by atoms with E-state index < -0.39 is 0 Å². The maximum Gasteiger partial charge on any atom is 0.319 e. The van der Waals surface area contributed by atoms with Crippen LogP contribution in [0.2, 0.25) is 0 Å². The van der Waals surface area contributed by atoms with Crippen LogP contribution in [0, 0.1) is 0 Å². The average Bonchev–Trinajstić information content (AvgIpc) is 2.75. The summed E-state index contributed by atoms with van der Waals surface area (Å²) in [5, 5.41) is 8.11. The predicted octanol–water partition coefficient (Wildman–Crippen LogP) is 4.43. The maximum atomic E-state index is 12.4. The molecule has 3 rings (SSSR count). The van der Waals surface area contributed by atoms with E-state index in [9.17, 15) is 9.59 Å². The number of carbonyl (C=O) groups excluding carboxylic acids is 2. The fourth-order valence-electron chi connectivity index (χ4n) is 2.40. The molecule has 0 saturated heterocycles. The Balaban J connectivity index is 1.55. The van der Waals surface area contributed by atoms with Gasteiger partial charge in [-0.3, -0.25) is 9.78 Å². The number of rotatable bonds is 7. The normalized spacial score (nSPS) is 9.93. The molecule has 0 aliphatic heterocycles. The largest absolute Gasteiger partial charge is 0.456 e. The number of aromatic nitrogens is 1. The number of hydrogen-bond acceptors (Lipinski definition) is 4. The number of hydrogen-bond donors (Lipinski definition) is 3. The van der Waals surface area contributed by atoms with E-state index >= 15 is 0 Å². The lowest BCUT2D eigenvalue weighted by Gasteiger charge is -2.09. The molecule has 0 aliphatic carbocycles. The van der Waals surface area contributed by atoms with Crippen molar-refractivity contribution in [1.82, 2.24) is 10.3 Å². The first-order valence-electron chi connectivity index (χ1n) is 8.89. The van der Waals surface area contributed by atoms with Crippen molar-refractivity contribution >= 4 is 23.3 Å². The summed E-state index contributed by atoms with van der Waals surface area (Å²) in [6.45, 7) is 3.92. The predicted molar refractivity (Wildman–Crippen MR) is 112 cm³/mol. The minimum absolute atomic E-state index is 0.248. The number of nitrogens with one attached hydrogen (secondary N) is 3. The Labute approximate surface area is 168 Å². The molecule has 146 valence electrons. The summed E-state index contributed by atoms with van der Waals surface area (Å²) in [7, 11) is 0. The number of anilines is 2. The number of pyridine rings is 1. The molecule has 0 unspecified atom stereocenters. The van der Waals surface area contributed by atoms with Crippen molar-refractivity contribution < 1.29 is 14.3 Å². The van der Waals surface area contributed by atoms with Gasteiger partial charge in [0, 0.05) is 29.7 Å². The zero-order chi connectivity index (χ0) is 20.5. The molecular weight excluding hydrogens is 368 g/mol. The van der Waals surface area contributed by atoms with E-state index in [-0.39, 0.29) is 11.9 Å². The Morgan fingerprint density at radius 1 is 0.931 bits per heavy atom. The molecule has 0 fully saturated rings. The summed E-state index contributed by atoms with van der Waals surface area (Å²) < 4.78 is 5.66. The fraction of sp³-hybridized carbons (Fsp3) is 0.0455. The first kappa shape index (κ1) is 19.6. The van der Waals surface area contributed by atoms with Crippen molar-refractivity contribution in [3.63, 3.8) is 0 Å². The lowest BCUT2D eigenvalue weighted by atomic mass is 10.2. The number of urea groups is 1. The summed E-state index contributed by atoms with van der Waals surface area (Å²) in [6, 6.07) is 16.9. The van der Waals surface area contributed by atoms with E-state index in [4.69, 9.17) is 4.74 Å². The van der Waals surface area contributed by atoms with Crippen LogP contribution in [0.1, 0.15) is 10.4 Å². The highest BCUT2D eigenvalue weighted by Gasteiger charge is 2.07. The molecule has 0 atom stereocenters. The molecule has 1 heterocycles. The second-order valence-corrected chi connectivity index (χ2v) is 5.97. The van der Waals surface area contributed by atoms with Crippen LogP contribution < -0.4 is 20.7 Å². The molecule has 29 heavy (non-hydrogen) atoms. The summed E-state index contributed by atoms with van der Waals surface area (Å²) >= 11 is 0. The van der Waals surface area contributed by atoms with E-state index in [1.165, 1.54) is 0 Å². The van der Waals surface area contributed by atoms with Crippen LogP contribution in [-0.2, 0) is 0 Å². The number of amides is 3. The topological polar surface area (TPSA) is 92.4 Å². The lowest BCUT2D eigenvalue weighted by molar-refractivity contribution is 0.102. The maximum absolute atomic E-state index is 12.4. The molecule has 3 aromatic rings. The van der Waals surface area contributed by atoms with Crippen molar-refractivity contribution in [2.24, 2.45) is 0 Å². The van der Waals surface area contributed by atoms with Gasteiger partial charge in [-0.25, -0.2) is 4.79 Å². The third-order valence-electron chi connectivity index (χ3n) is 3.79. The van der Waals surface area contributed by atoms with Gasteiger partial charge in [-0.1, -0.05) is 6.08 Å². The van der Waals surface area contributed by atoms with E-state index in [1.54, 1.807) is 79.1 Å². The van der Waals surface area contributed by atoms with Gasteiger partial charge in [0.25, 0.3) is 5.91 Å². The van der Waals surface area contributed by atoms with Crippen LogP contribution in [0.25, 0.3) is 0 Å². The summed E-state index contributed by atoms with van der Waals surface area (Å²) in [6.07, 6.45) is 4.87. The van der Waals surface area contributed by atoms with E-state index in [2.05, 4.69) is 27.5 Å². The molecule has 0 bridgehead atoms. The van der Waals surface area contributed by atoms with Gasteiger partial charge in [0.1, 0.15) is 11.5 Å². The zero-order valence-corrected chi connectivity index (χ0v) is 15.6. The smallest absolute Gasteiger partial charge is 0.319 e. The van der Waals surface area contributed by atoms with E-state index in [0.29, 0.717) is 35.0 Å². The van der Waals surface area contributed by atoms with Gasteiger partial charge in [-0.05, 0) is 60.7 Å². The highest BCUT2D eigenvalue weighted by Crippen LogP contribution is 2.21. The van der Waals surface area contributed by atoms with Crippen LogP contribution in [0.3, 0.4) is 0 Å². The van der Waals surface area contributed by atoms with Crippen molar-refractivity contribution in [1.29, 1.82) is 0 Å². The zero-order valence-electron chi connectivity index (χ0n) is 15.6. The van der Waals surface area contributed by atoms with Gasteiger partial charge in [0.05, 0.1) is 6.20 Å². The molecule has 7 heteroatoms. The van der Waals surface area contributed by atoms with E-state index in [1.807, 2.05) is 0 Å². The first-order chi connectivity index (χ1) is 14.1. The lowest BCUT2D eigenvalue weighted by Crippen LogP contribution is -2.28. The standard InChI is InChI=1S/C22H20N4O3/c1-2-13-24-22(28)26-18-9-7-17(8-10-18)25-21(27)16-5-11-19(12-6-16)29-20-4-3-14-23-15-20/h2-12,14-15H,1,13H2,(H,25,27)(H2,24,26,28). The average molecular weight is 388 g/mol. The van der Waals surface area contributed by atoms with Crippen LogP contribution in [0.5, 0.6) is 11.5 Å². The number of ether oxygens (including phenoxy) is 1. The third-order valence-corrected chi connectivity index (χ3v) is 3.79. The Bertz CT molecular complexity index is 971. The SMILES string of the molecule is C=CCNC(=O)Nc1ccc(NC(=O)c2ccc(Oc3cccnc3)cc2)cc1. The Morgan fingerprint density at radius 3 is 2.24 bits per heavy atom. The molecule has 0 aliphatic rings. The van der Waals surface area contributed by atoms with Gasteiger partial charge in [-0.2, -0.15) is 0 Å². The molecule has 7 nitrogen and oxygen atoms in total. The molecule has 3 N–H and O–H groups in total. The van der Waals surface area contributed by atoms with Crippen molar-refractivity contribution in [2.45, 2.75) is 0 Å². The summed E-state index contributed by atoms with van der Waals surface area (Å²) in [5.41, 5.74) is 1.72. The second-order valence-electron chi connectivity index (χ2n) is 5.97. The van der Waals surface area contributed by atoms with Crippen LogP contribution in [0.4, 0.5) is 16.2 Å². The van der Waals surface area contributed by atoms with Crippen LogP contribution in [0.15, 0.2) is 85.7 Å². The molecular formula is C22H20N4O3. The quantitative estimate of drug-likeness (QED) is 0.522. The van der Waals surface area contributed by atoms with Gasteiger partial charge in [0.15, 0.2) is 0 Å². The van der Waals surface area contributed by atoms with Gasteiger partial charge in [-0.15, -0.1) is 6.58 Å². The number of carbonyl (C=O) groups is 2. The molecule has 3 amide bonds. The van der Waals surface area contributed by atoms with E-state index in [0.717, 1.165) is 0 Å². The van der Waals surface area contributed by atoms with Crippen LogP contribution in [-0.4, -0.2) is 23.5 Å². The first-order valence-corrected chi connectivity index (χ1v) is 8.89. The highest BCUT2D eigenvalue weighted by molar-refractivity contribution is 6.04. The number of nitrogens with zero attached hydrogens (tertiary/aromatic N) is 1. The van der Waals surface area contributed by atoms with Crippen LogP contribution >= 0.6 is 0 Å². The Hall–Kier alpha value is -4.13. The van der Waals surface area contributed by atoms with Crippen molar-refractivity contribution in [3.05, 3.63) is 91.3 Å². The Kier molecular flexibility index (Phi) is 6.57. The monoisotopic (exact) mass is 388 g/mol. The fourth-order valence-corrected chi connectivity index (χ4v) is 2.40. The second kappa shape index (κ2) is 9.70. The van der Waals surface area contributed by atoms with Crippen molar-refractivity contribution in [2.75, 3.05) is 17.2 Å². The highest BCUT2D eigenvalue weighted by atomic mass is 16.5. The summed E-state index contributed by atoms with van der Waals surface area (Å²) in [5.74, 6) is 0.985. The molecule has 0 saturated carbocycles. The Morgan fingerprint density at radius 2 is 1.62 bits per heavy atom. The summed E-state index contributed by atoms with van der Waals surface area (Å²) in [4.78, 5) is 28.0. The molecule has 1 aromatic heterocycles. The number of benzene rings is 2. The van der Waals surface area contributed by atoms with Gasteiger partial charge in [0.2, 0.25) is 0 Å².